The standard InChI is InChI=1S/C48H35NO/c1-48(2)43-18-11-10-15-38(43)39-26-25-35(30-44(39)48)49(45-29-33-12-6-7-13-36(33)37-14-8-9-16-40(37)45)34-23-20-31(21-24-34)32-22-27-47-42(28-32)41-17-4-3-5-19-46(41)50-47/h3-18,20-30H,19H2,1-2H3. The number of nitrogens with zero attached hydrogens (tertiary/aromatic N) is 1. The Hall–Kier alpha value is -6.12. The summed E-state index contributed by atoms with van der Waals surface area (Å²) in [6, 6.07) is 51.5. The number of fused-ring (bicyclic) bond motifs is 9. The molecular formula is C48H35NO. The van der Waals surface area contributed by atoms with Crippen LogP contribution in [0.15, 0.2) is 162 Å². The Morgan fingerprint density at radius 2 is 1.28 bits per heavy atom. The first-order chi connectivity index (χ1) is 24.5. The zero-order valence-corrected chi connectivity index (χ0v) is 28.2. The van der Waals surface area contributed by atoms with E-state index in [9.17, 15) is 0 Å². The monoisotopic (exact) mass is 641 g/mol. The lowest BCUT2D eigenvalue weighted by molar-refractivity contribution is 0.564. The van der Waals surface area contributed by atoms with Crippen LogP contribution in [0.3, 0.4) is 0 Å². The SMILES string of the molecule is CC1(C)c2ccccc2-c2ccc(N(c3ccc(-c4ccc5oc6c(c5c4)C=CC=CC6)cc3)c3cc4ccccc4c4ccccc34)cc21. The van der Waals surface area contributed by atoms with Gasteiger partial charge in [0.05, 0.1) is 5.69 Å². The Morgan fingerprint density at radius 3 is 2.16 bits per heavy atom. The molecular weight excluding hydrogens is 607 g/mol. The summed E-state index contributed by atoms with van der Waals surface area (Å²) in [6.45, 7) is 4.71. The molecule has 10 rings (SSSR count). The number of hydrogen-bond acceptors (Lipinski definition) is 2. The maximum atomic E-state index is 6.23. The summed E-state index contributed by atoms with van der Waals surface area (Å²) >= 11 is 0. The minimum Gasteiger partial charge on any atom is -0.460 e. The Morgan fingerprint density at radius 1 is 0.560 bits per heavy atom. The molecule has 2 aliphatic rings. The predicted molar refractivity (Wildman–Crippen MR) is 211 cm³/mol. The first-order valence-electron chi connectivity index (χ1n) is 17.5. The zero-order valence-electron chi connectivity index (χ0n) is 28.2. The van der Waals surface area contributed by atoms with E-state index in [0.717, 1.165) is 34.5 Å². The molecule has 0 saturated carbocycles. The third kappa shape index (κ3) is 4.35. The maximum absolute atomic E-state index is 6.23. The first-order valence-corrected chi connectivity index (χ1v) is 17.5. The average molecular weight is 642 g/mol. The quantitative estimate of drug-likeness (QED) is 0.178. The van der Waals surface area contributed by atoms with Crippen molar-refractivity contribution in [3.05, 3.63) is 180 Å². The molecule has 2 heteroatoms. The molecule has 0 fully saturated rings. The fraction of sp³-hybridized carbons (Fsp3) is 0.0833. The number of furan rings is 1. The molecule has 7 aromatic carbocycles. The number of benzene rings is 7. The van der Waals surface area contributed by atoms with Crippen molar-refractivity contribution in [3.8, 4) is 22.3 Å². The summed E-state index contributed by atoms with van der Waals surface area (Å²) in [5, 5.41) is 6.15. The van der Waals surface area contributed by atoms with Crippen molar-refractivity contribution < 1.29 is 4.42 Å². The van der Waals surface area contributed by atoms with Gasteiger partial charge >= 0.3 is 0 Å². The summed E-state index contributed by atoms with van der Waals surface area (Å²) < 4.78 is 6.23. The zero-order chi connectivity index (χ0) is 33.4. The van der Waals surface area contributed by atoms with E-state index < -0.39 is 0 Å². The fourth-order valence-electron chi connectivity index (χ4n) is 8.37. The number of rotatable bonds is 4. The summed E-state index contributed by atoms with van der Waals surface area (Å²) in [7, 11) is 0. The smallest absolute Gasteiger partial charge is 0.134 e. The lowest BCUT2D eigenvalue weighted by Gasteiger charge is -2.29. The van der Waals surface area contributed by atoms with Crippen molar-refractivity contribution in [1.82, 2.24) is 0 Å². The molecule has 0 N–H and O–H groups in total. The molecule has 2 nitrogen and oxygen atoms in total. The lowest BCUT2D eigenvalue weighted by Crippen LogP contribution is -2.16. The molecule has 0 radical (unpaired) electrons. The fourth-order valence-corrected chi connectivity index (χ4v) is 8.37. The van der Waals surface area contributed by atoms with Gasteiger partial charge in [-0.3, -0.25) is 0 Å². The number of allylic oxidation sites excluding steroid dienone is 3. The van der Waals surface area contributed by atoms with Crippen LogP contribution >= 0.6 is 0 Å². The van der Waals surface area contributed by atoms with E-state index >= 15 is 0 Å². The lowest BCUT2D eigenvalue weighted by atomic mass is 9.82. The first kappa shape index (κ1) is 28.9. The topological polar surface area (TPSA) is 16.4 Å². The van der Waals surface area contributed by atoms with E-state index in [-0.39, 0.29) is 5.41 Å². The summed E-state index contributed by atoms with van der Waals surface area (Å²) in [6.07, 6.45) is 9.32. The van der Waals surface area contributed by atoms with Crippen LogP contribution in [-0.2, 0) is 11.8 Å². The molecule has 2 aliphatic carbocycles. The van der Waals surface area contributed by atoms with Crippen molar-refractivity contribution in [2.75, 3.05) is 4.90 Å². The summed E-state index contributed by atoms with van der Waals surface area (Å²) in [4.78, 5) is 2.45. The molecule has 0 amide bonds. The molecule has 1 aromatic heterocycles. The molecule has 8 aromatic rings. The van der Waals surface area contributed by atoms with E-state index in [1.165, 1.54) is 66.2 Å². The highest BCUT2D eigenvalue weighted by molar-refractivity contribution is 6.14. The van der Waals surface area contributed by atoms with Gasteiger partial charge in [0.15, 0.2) is 0 Å². The van der Waals surface area contributed by atoms with Gasteiger partial charge in [-0.1, -0.05) is 135 Å². The minimum atomic E-state index is -0.0991. The van der Waals surface area contributed by atoms with Gasteiger partial charge in [-0.05, 0) is 92.0 Å². The highest BCUT2D eigenvalue weighted by Crippen LogP contribution is 2.51. The van der Waals surface area contributed by atoms with Crippen molar-refractivity contribution >= 4 is 55.7 Å². The molecule has 238 valence electrons. The Bertz CT molecular complexity index is 2700. The van der Waals surface area contributed by atoms with Crippen molar-refractivity contribution in [1.29, 1.82) is 0 Å². The molecule has 0 bridgehead atoms. The van der Waals surface area contributed by atoms with Gasteiger partial charge < -0.3 is 9.32 Å². The van der Waals surface area contributed by atoms with Gasteiger partial charge in [-0.15, -0.1) is 0 Å². The van der Waals surface area contributed by atoms with Gasteiger partial charge in [0.2, 0.25) is 0 Å². The van der Waals surface area contributed by atoms with Gasteiger partial charge in [-0.25, -0.2) is 0 Å². The van der Waals surface area contributed by atoms with Gasteiger partial charge in [-0.2, -0.15) is 0 Å². The van der Waals surface area contributed by atoms with Crippen molar-refractivity contribution in [2.45, 2.75) is 25.7 Å². The molecule has 0 aliphatic heterocycles. The minimum absolute atomic E-state index is 0.0991. The summed E-state index contributed by atoms with van der Waals surface area (Å²) in [5.74, 6) is 1.02. The van der Waals surface area contributed by atoms with E-state index in [4.69, 9.17) is 4.42 Å². The summed E-state index contributed by atoms with van der Waals surface area (Å²) in [5.41, 5.74) is 13.2. The molecule has 1 heterocycles. The average Bonchev–Trinajstić information content (AvgIpc) is 3.49. The second-order valence-corrected chi connectivity index (χ2v) is 14.1. The maximum Gasteiger partial charge on any atom is 0.134 e. The van der Waals surface area contributed by atoms with Crippen LogP contribution in [0.5, 0.6) is 0 Å². The third-order valence-corrected chi connectivity index (χ3v) is 10.9. The second kappa shape index (κ2) is 10.9. The van der Waals surface area contributed by atoms with E-state index in [1.54, 1.807) is 0 Å². The number of anilines is 3. The van der Waals surface area contributed by atoms with Gasteiger partial charge in [0.1, 0.15) is 11.3 Å². The van der Waals surface area contributed by atoms with Crippen molar-refractivity contribution in [3.63, 3.8) is 0 Å². The van der Waals surface area contributed by atoms with Crippen LogP contribution in [0.25, 0.3) is 60.8 Å². The van der Waals surface area contributed by atoms with Crippen LogP contribution in [-0.4, -0.2) is 0 Å². The molecule has 0 atom stereocenters. The van der Waals surface area contributed by atoms with Crippen LogP contribution in [0.2, 0.25) is 0 Å². The van der Waals surface area contributed by atoms with E-state index in [1.807, 2.05) is 0 Å². The van der Waals surface area contributed by atoms with E-state index in [2.05, 4.69) is 183 Å². The van der Waals surface area contributed by atoms with Crippen LogP contribution in [0.4, 0.5) is 17.1 Å². The molecule has 0 saturated heterocycles. The molecule has 0 unspecified atom stereocenters. The van der Waals surface area contributed by atoms with E-state index in [0.29, 0.717) is 0 Å². The van der Waals surface area contributed by atoms with Gasteiger partial charge in [0, 0.05) is 39.5 Å². The highest BCUT2D eigenvalue weighted by atomic mass is 16.3. The Labute approximate surface area is 292 Å². The Kier molecular flexibility index (Phi) is 6.32. The van der Waals surface area contributed by atoms with Crippen LogP contribution < -0.4 is 4.90 Å². The number of hydrogen-bond donors (Lipinski definition) is 0. The molecule has 0 spiro atoms. The highest BCUT2D eigenvalue weighted by Gasteiger charge is 2.35. The van der Waals surface area contributed by atoms with Crippen molar-refractivity contribution in [2.24, 2.45) is 0 Å². The third-order valence-electron chi connectivity index (χ3n) is 10.9. The normalized spacial score (nSPS) is 14.1. The van der Waals surface area contributed by atoms with Gasteiger partial charge in [0.25, 0.3) is 0 Å². The van der Waals surface area contributed by atoms with Crippen LogP contribution in [0.1, 0.15) is 36.3 Å². The molecule has 50 heavy (non-hydrogen) atoms. The second-order valence-electron chi connectivity index (χ2n) is 14.1. The largest absolute Gasteiger partial charge is 0.460 e. The predicted octanol–water partition coefficient (Wildman–Crippen LogP) is 13.3. The van der Waals surface area contributed by atoms with Crippen LogP contribution in [0, 0.1) is 0 Å². The Balaban J connectivity index is 1.15.